The van der Waals surface area contributed by atoms with E-state index in [0.29, 0.717) is 5.69 Å². The number of para-hydroxylation sites is 2. The summed E-state index contributed by atoms with van der Waals surface area (Å²) in [6.45, 7) is 3.07. The fourth-order valence-electron chi connectivity index (χ4n) is 2.97. The molecule has 0 saturated carbocycles. The van der Waals surface area contributed by atoms with Gasteiger partial charge >= 0.3 is 0 Å². The van der Waals surface area contributed by atoms with Crippen LogP contribution in [-0.2, 0) is 0 Å². The fourth-order valence-corrected chi connectivity index (χ4v) is 2.97. The molecule has 136 valence electrons. The maximum absolute atomic E-state index is 10.9. The second-order valence-corrected chi connectivity index (χ2v) is 6.59. The lowest BCUT2D eigenvalue weighted by molar-refractivity contribution is -0.384. The van der Waals surface area contributed by atoms with Crippen LogP contribution in [0.25, 0.3) is 0 Å². The third-order valence-corrected chi connectivity index (χ3v) is 4.45. The molecule has 0 unspecified atom stereocenters. The van der Waals surface area contributed by atoms with E-state index in [9.17, 15) is 10.1 Å². The number of anilines is 1. The van der Waals surface area contributed by atoms with Gasteiger partial charge in [0.15, 0.2) is 0 Å². The zero-order valence-electron chi connectivity index (χ0n) is 15.3. The van der Waals surface area contributed by atoms with Crippen LogP contribution in [0.2, 0.25) is 0 Å². The first kappa shape index (κ1) is 20.5. The highest BCUT2D eigenvalue weighted by Crippen LogP contribution is 2.23. The Hall–Kier alpha value is -1.58. The van der Waals surface area contributed by atoms with Gasteiger partial charge in [-0.1, -0.05) is 89.7 Å². The summed E-state index contributed by atoms with van der Waals surface area (Å²) in [5.41, 5.74) is 0.794. The van der Waals surface area contributed by atoms with E-state index in [2.05, 4.69) is 12.2 Å². The van der Waals surface area contributed by atoms with Crippen molar-refractivity contribution in [3.63, 3.8) is 0 Å². The van der Waals surface area contributed by atoms with Crippen LogP contribution in [0.1, 0.15) is 84.0 Å². The van der Waals surface area contributed by atoms with Gasteiger partial charge in [0, 0.05) is 12.6 Å². The molecule has 0 atom stereocenters. The summed E-state index contributed by atoms with van der Waals surface area (Å²) in [5.74, 6) is 0. The van der Waals surface area contributed by atoms with E-state index in [1.165, 1.54) is 70.6 Å². The lowest BCUT2D eigenvalue weighted by Crippen LogP contribution is -2.04. The van der Waals surface area contributed by atoms with E-state index >= 15 is 0 Å². The van der Waals surface area contributed by atoms with Crippen molar-refractivity contribution in [2.24, 2.45) is 0 Å². The number of nitro benzene ring substituents is 1. The molecule has 0 bridgehead atoms. The lowest BCUT2D eigenvalue weighted by Gasteiger charge is -2.07. The molecule has 0 aromatic heterocycles. The highest BCUT2D eigenvalue weighted by Gasteiger charge is 2.10. The second kappa shape index (κ2) is 13.8. The number of nitrogens with one attached hydrogen (secondary N) is 1. The Morgan fingerprint density at radius 3 is 1.88 bits per heavy atom. The van der Waals surface area contributed by atoms with E-state index in [-0.39, 0.29) is 10.6 Å². The molecule has 4 heteroatoms. The molecule has 1 rings (SSSR count). The largest absolute Gasteiger partial charge is 0.379 e. The molecule has 0 saturated heterocycles. The summed E-state index contributed by atoms with van der Waals surface area (Å²) in [5, 5.41) is 14.1. The first-order valence-corrected chi connectivity index (χ1v) is 9.73. The monoisotopic (exact) mass is 334 g/mol. The zero-order valence-corrected chi connectivity index (χ0v) is 15.3. The molecule has 1 aromatic carbocycles. The topological polar surface area (TPSA) is 55.2 Å². The molecule has 0 aliphatic carbocycles. The van der Waals surface area contributed by atoms with E-state index in [0.717, 1.165) is 13.0 Å². The van der Waals surface area contributed by atoms with Crippen LogP contribution in [0.4, 0.5) is 11.4 Å². The Kier molecular flexibility index (Phi) is 11.8. The van der Waals surface area contributed by atoms with Crippen molar-refractivity contribution in [2.75, 3.05) is 11.9 Å². The van der Waals surface area contributed by atoms with E-state index < -0.39 is 0 Å². The average molecular weight is 335 g/mol. The predicted octanol–water partition coefficient (Wildman–Crippen LogP) is 6.71. The van der Waals surface area contributed by atoms with Crippen molar-refractivity contribution in [3.8, 4) is 0 Å². The van der Waals surface area contributed by atoms with Gasteiger partial charge in [-0.2, -0.15) is 0 Å². The molecule has 0 amide bonds. The summed E-state index contributed by atoms with van der Waals surface area (Å²) >= 11 is 0. The number of hydrogen-bond acceptors (Lipinski definition) is 3. The van der Waals surface area contributed by atoms with Crippen LogP contribution < -0.4 is 5.32 Å². The van der Waals surface area contributed by atoms with Gasteiger partial charge in [0.05, 0.1) is 4.92 Å². The van der Waals surface area contributed by atoms with Crippen LogP contribution in [0, 0.1) is 10.1 Å². The molecule has 0 aliphatic rings. The quantitative estimate of drug-likeness (QED) is 0.220. The Labute approximate surface area is 147 Å². The Morgan fingerprint density at radius 1 is 0.833 bits per heavy atom. The summed E-state index contributed by atoms with van der Waals surface area (Å²) in [4.78, 5) is 10.6. The normalized spacial score (nSPS) is 10.7. The molecule has 0 fully saturated rings. The van der Waals surface area contributed by atoms with Gasteiger partial charge in [-0.05, 0) is 12.5 Å². The number of rotatable bonds is 15. The van der Waals surface area contributed by atoms with E-state index in [4.69, 9.17) is 0 Å². The lowest BCUT2D eigenvalue weighted by atomic mass is 10.1. The van der Waals surface area contributed by atoms with E-state index in [1.807, 2.05) is 6.07 Å². The van der Waals surface area contributed by atoms with E-state index in [1.54, 1.807) is 18.2 Å². The van der Waals surface area contributed by atoms with Gasteiger partial charge in [0.25, 0.3) is 5.69 Å². The number of hydrogen-bond donors (Lipinski definition) is 1. The number of benzene rings is 1. The smallest absolute Gasteiger partial charge is 0.292 e. The molecular formula is C20H34N2O2. The van der Waals surface area contributed by atoms with Crippen molar-refractivity contribution in [3.05, 3.63) is 34.4 Å². The third kappa shape index (κ3) is 9.53. The number of nitro groups is 1. The van der Waals surface area contributed by atoms with Crippen molar-refractivity contribution in [1.82, 2.24) is 0 Å². The third-order valence-electron chi connectivity index (χ3n) is 4.45. The summed E-state index contributed by atoms with van der Waals surface area (Å²) in [6.07, 6.45) is 15.9. The first-order valence-electron chi connectivity index (χ1n) is 9.73. The maximum Gasteiger partial charge on any atom is 0.292 e. The Balaban J connectivity index is 1.93. The predicted molar refractivity (Wildman–Crippen MR) is 103 cm³/mol. The Bertz CT molecular complexity index is 449. The van der Waals surface area contributed by atoms with Gasteiger partial charge in [0.2, 0.25) is 0 Å². The van der Waals surface area contributed by atoms with Crippen molar-refractivity contribution in [2.45, 2.75) is 84.0 Å². The molecule has 0 spiro atoms. The minimum atomic E-state index is -0.329. The number of nitrogens with zero attached hydrogens (tertiary/aromatic N) is 1. The van der Waals surface area contributed by atoms with Crippen molar-refractivity contribution < 1.29 is 4.92 Å². The maximum atomic E-state index is 10.9. The van der Waals surface area contributed by atoms with Crippen LogP contribution in [0.3, 0.4) is 0 Å². The van der Waals surface area contributed by atoms with Gasteiger partial charge < -0.3 is 5.32 Å². The zero-order chi connectivity index (χ0) is 17.5. The van der Waals surface area contributed by atoms with Crippen molar-refractivity contribution >= 4 is 11.4 Å². The molecule has 1 N–H and O–H groups in total. The van der Waals surface area contributed by atoms with Gasteiger partial charge in [-0.3, -0.25) is 10.1 Å². The fraction of sp³-hybridized carbons (Fsp3) is 0.700. The highest BCUT2D eigenvalue weighted by atomic mass is 16.6. The molecular weight excluding hydrogens is 300 g/mol. The van der Waals surface area contributed by atoms with Gasteiger partial charge in [0.1, 0.15) is 5.69 Å². The average Bonchev–Trinajstić information content (AvgIpc) is 2.59. The minimum Gasteiger partial charge on any atom is -0.379 e. The van der Waals surface area contributed by atoms with Crippen LogP contribution in [0.15, 0.2) is 24.3 Å². The van der Waals surface area contributed by atoms with Crippen LogP contribution in [-0.4, -0.2) is 11.5 Å². The second-order valence-electron chi connectivity index (χ2n) is 6.59. The van der Waals surface area contributed by atoms with Gasteiger partial charge in [-0.25, -0.2) is 0 Å². The van der Waals surface area contributed by atoms with Crippen LogP contribution in [0.5, 0.6) is 0 Å². The molecule has 4 nitrogen and oxygen atoms in total. The molecule has 24 heavy (non-hydrogen) atoms. The molecule has 0 radical (unpaired) electrons. The standard InChI is InChI=1S/C20H34N2O2/c1-2-3-4-5-6-7-8-9-10-11-12-15-18-21-19-16-13-14-17-20(19)22(23)24/h13-14,16-17,21H,2-12,15,18H2,1H3. The Morgan fingerprint density at radius 2 is 1.33 bits per heavy atom. The van der Waals surface area contributed by atoms with Gasteiger partial charge in [-0.15, -0.1) is 0 Å². The van der Waals surface area contributed by atoms with Crippen LogP contribution >= 0.6 is 0 Å². The SMILES string of the molecule is CCCCCCCCCCCCCCNc1ccccc1[N+](=O)[O-]. The summed E-state index contributed by atoms with van der Waals surface area (Å²) < 4.78 is 0. The minimum absolute atomic E-state index is 0.163. The first-order chi connectivity index (χ1) is 11.8. The summed E-state index contributed by atoms with van der Waals surface area (Å²) in [7, 11) is 0. The summed E-state index contributed by atoms with van der Waals surface area (Å²) in [6, 6.07) is 6.86. The molecule has 0 aliphatic heterocycles. The van der Waals surface area contributed by atoms with Crippen molar-refractivity contribution in [1.29, 1.82) is 0 Å². The highest BCUT2D eigenvalue weighted by molar-refractivity contribution is 5.60. The number of unbranched alkanes of at least 4 members (excludes halogenated alkanes) is 11. The molecule has 1 aromatic rings. The molecule has 0 heterocycles.